The van der Waals surface area contributed by atoms with Crippen LogP contribution in [0.2, 0.25) is 0 Å². The molecular weight excluding hydrogens is 280 g/mol. The number of likely N-dealkylation sites (N-methyl/N-ethyl adjacent to an activating group) is 1. The summed E-state index contributed by atoms with van der Waals surface area (Å²) in [6, 6.07) is 2.44. The summed E-state index contributed by atoms with van der Waals surface area (Å²) in [4.78, 5) is 0. The van der Waals surface area contributed by atoms with Crippen molar-refractivity contribution in [2.24, 2.45) is 5.92 Å². The summed E-state index contributed by atoms with van der Waals surface area (Å²) in [6.45, 7) is 4.61. The summed E-state index contributed by atoms with van der Waals surface area (Å²) in [6.07, 6.45) is 2.27. The lowest BCUT2D eigenvalue weighted by molar-refractivity contribution is 0.322. The van der Waals surface area contributed by atoms with Gasteiger partial charge in [0.25, 0.3) is 0 Å². The van der Waals surface area contributed by atoms with Gasteiger partial charge in [-0.15, -0.1) is 0 Å². The number of nitrogens with zero attached hydrogens (tertiary/aromatic N) is 3. The van der Waals surface area contributed by atoms with E-state index in [2.05, 4.69) is 32.4 Å². The van der Waals surface area contributed by atoms with Crippen LogP contribution in [0.25, 0.3) is 0 Å². The maximum atomic E-state index is 9.45. The molecule has 1 aliphatic rings. The van der Waals surface area contributed by atoms with Crippen LogP contribution in [0.15, 0.2) is 4.47 Å². The van der Waals surface area contributed by atoms with E-state index in [0.717, 1.165) is 28.7 Å². The number of hydrogen-bond donors (Lipinski definition) is 1. The zero-order valence-corrected chi connectivity index (χ0v) is 12.0. The number of rotatable bonds is 4. The van der Waals surface area contributed by atoms with Crippen molar-refractivity contribution in [3.63, 3.8) is 0 Å². The first kappa shape index (κ1) is 12.6. The van der Waals surface area contributed by atoms with E-state index in [-0.39, 0.29) is 0 Å². The van der Waals surface area contributed by atoms with Gasteiger partial charge in [-0.1, -0.05) is 0 Å². The Morgan fingerprint density at radius 2 is 2.24 bits per heavy atom. The van der Waals surface area contributed by atoms with E-state index in [1.54, 1.807) is 0 Å². The second kappa shape index (κ2) is 4.43. The standard InChI is InChI=1S/C12H17BrN4/c1-8-11(13)9(2)17(16-8)7-12(6-14,15-3)10-4-5-10/h10,15H,4-5,7H2,1-3H3. The molecule has 1 aromatic rings. The van der Waals surface area contributed by atoms with Crippen LogP contribution < -0.4 is 5.32 Å². The van der Waals surface area contributed by atoms with Gasteiger partial charge in [-0.05, 0) is 55.6 Å². The molecule has 0 aliphatic heterocycles. The van der Waals surface area contributed by atoms with Crippen LogP contribution in [0.4, 0.5) is 0 Å². The van der Waals surface area contributed by atoms with Gasteiger partial charge in [0.05, 0.1) is 22.8 Å². The van der Waals surface area contributed by atoms with Crippen molar-refractivity contribution in [3.8, 4) is 6.07 Å². The number of nitriles is 1. The lowest BCUT2D eigenvalue weighted by Gasteiger charge is -2.26. The first-order valence-corrected chi connectivity index (χ1v) is 6.63. The molecule has 4 nitrogen and oxygen atoms in total. The Labute approximate surface area is 110 Å². The second-order valence-electron chi connectivity index (χ2n) is 4.75. The highest BCUT2D eigenvalue weighted by molar-refractivity contribution is 9.10. The number of nitrogens with one attached hydrogen (secondary N) is 1. The predicted molar refractivity (Wildman–Crippen MR) is 69.5 cm³/mol. The fourth-order valence-corrected chi connectivity index (χ4v) is 2.52. The first-order chi connectivity index (χ1) is 8.04. The Hall–Kier alpha value is -0.860. The van der Waals surface area contributed by atoms with Crippen molar-refractivity contribution in [2.45, 2.75) is 38.8 Å². The second-order valence-corrected chi connectivity index (χ2v) is 5.54. The molecule has 0 amide bonds. The third-order valence-corrected chi connectivity index (χ3v) is 4.76. The molecule has 0 bridgehead atoms. The molecule has 1 atom stereocenters. The van der Waals surface area contributed by atoms with Gasteiger partial charge in [0, 0.05) is 5.69 Å². The van der Waals surface area contributed by atoms with Crippen LogP contribution in [0.3, 0.4) is 0 Å². The number of hydrogen-bond acceptors (Lipinski definition) is 3. The highest BCUT2D eigenvalue weighted by Gasteiger charge is 2.45. The molecule has 0 saturated heterocycles. The Morgan fingerprint density at radius 1 is 1.59 bits per heavy atom. The average Bonchev–Trinajstić information content (AvgIpc) is 3.14. The SMILES string of the molecule is CNC(C#N)(Cn1nc(C)c(Br)c1C)C1CC1. The largest absolute Gasteiger partial charge is 0.301 e. The zero-order chi connectivity index (χ0) is 12.6. The number of aryl methyl sites for hydroxylation is 1. The number of halogens is 1. The van der Waals surface area contributed by atoms with Gasteiger partial charge in [-0.2, -0.15) is 10.4 Å². The van der Waals surface area contributed by atoms with Crippen molar-refractivity contribution >= 4 is 15.9 Å². The first-order valence-electron chi connectivity index (χ1n) is 5.83. The third kappa shape index (κ3) is 2.12. The van der Waals surface area contributed by atoms with Crippen LogP contribution >= 0.6 is 15.9 Å². The van der Waals surface area contributed by atoms with E-state index in [9.17, 15) is 5.26 Å². The Bertz CT molecular complexity index is 470. The van der Waals surface area contributed by atoms with Gasteiger partial charge >= 0.3 is 0 Å². The normalized spacial score (nSPS) is 18.8. The summed E-state index contributed by atoms with van der Waals surface area (Å²) >= 11 is 3.52. The van der Waals surface area contributed by atoms with Crippen molar-refractivity contribution in [3.05, 3.63) is 15.9 Å². The smallest absolute Gasteiger partial charge is 0.129 e. The van der Waals surface area contributed by atoms with Gasteiger partial charge in [0.1, 0.15) is 5.54 Å². The van der Waals surface area contributed by atoms with Crippen LogP contribution in [0, 0.1) is 31.1 Å². The van der Waals surface area contributed by atoms with Crippen molar-refractivity contribution in [1.29, 1.82) is 5.26 Å². The molecule has 1 fully saturated rings. The highest BCUT2D eigenvalue weighted by Crippen LogP contribution is 2.40. The molecule has 2 rings (SSSR count). The monoisotopic (exact) mass is 296 g/mol. The molecule has 17 heavy (non-hydrogen) atoms. The molecule has 1 saturated carbocycles. The lowest BCUT2D eigenvalue weighted by atomic mass is 9.95. The Morgan fingerprint density at radius 3 is 2.59 bits per heavy atom. The maximum Gasteiger partial charge on any atom is 0.129 e. The van der Waals surface area contributed by atoms with Crippen molar-refractivity contribution in [2.75, 3.05) is 7.05 Å². The van der Waals surface area contributed by atoms with Crippen LogP contribution in [0.5, 0.6) is 0 Å². The maximum absolute atomic E-state index is 9.45. The summed E-state index contributed by atoms with van der Waals surface area (Å²) in [5.74, 6) is 0.459. The minimum Gasteiger partial charge on any atom is -0.301 e. The van der Waals surface area contributed by atoms with Gasteiger partial charge in [-0.3, -0.25) is 4.68 Å². The third-order valence-electron chi connectivity index (χ3n) is 3.61. The minimum atomic E-state index is -0.470. The van der Waals surface area contributed by atoms with Gasteiger partial charge in [-0.25, -0.2) is 0 Å². The summed E-state index contributed by atoms with van der Waals surface area (Å²) < 4.78 is 2.97. The molecule has 1 unspecified atom stereocenters. The molecular formula is C12H17BrN4. The van der Waals surface area contributed by atoms with Gasteiger partial charge < -0.3 is 5.32 Å². The average molecular weight is 297 g/mol. The van der Waals surface area contributed by atoms with Gasteiger partial charge in [0.15, 0.2) is 0 Å². The van der Waals surface area contributed by atoms with E-state index in [1.165, 1.54) is 0 Å². The fraction of sp³-hybridized carbons (Fsp3) is 0.667. The van der Waals surface area contributed by atoms with Crippen molar-refractivity contribution < 1.29 is 0 Å². The molecule has 1 heterocycles. The van der Waals surface area contributed by atoms with E-state index in [1.807, 2.05) is 25.6 Å². The summed E-state index contributed by atoms with van der Waals surface area (Å²) in [7, 11) is 1.86. The van der Waals surface area contributed by atoms with Crippen LogP contribution in [-0.2, 0) is 6.54 Å². The molecule has 0 spiro atoms. The fourth-order valence-electron chi connectivity index (χ4n) is 2.24. The van der Waals surface area contributed by atoms with E-state index in [4.69, 9.17) is 0 Å². The molecule has 1 aromatic heterocycles. The van der Waals surface area contributed by atoms with Crippen molar-refractivity contribution in [1.82, 2.24) is 15.1 Å². The van der Waals surface area contributed by atoms with Gasteiger partial charge in [0.2, 0.25) is 0 Å². The van der Waals surface area contributed by atoms with Crippen LogP contribution in [-0.4, -0.2) is 22.4 Å². The van der Waals surface area contributed by atoms with E-state index < -0.39 is 5.54 Å². The zero-order valence-electron chi connectivity index (χ0n) is 10.4. The summed E-state index contributed by atoms with van der Waals surface area (Å²) in [5.41, 5.74) is 1.59. The molecule has 1 aliphatic carbocycles. The summed E-state index contributed by atoms with van der Waals surface area (Å²) in [5, 5.41) is 17.1. The lowest BCUT2D eigenvalue weighted by Crippen LogP contribution is -2.48. The molecule has 0 radical (unpaired) electrons. The predicted octanol–water partition coefficient (Wildman–Crippen LogP) is 2.15. The van der Waals surface area contributed by atoms with E-state index in [0.29, 0.717) is 12.5 Å². The Balaban J connectivity index is 2.30. The Kier molecular flexibility index (Phi) is 3.28. The number of aromatic nitrogens is 2. The van der Waals surface area contributed by atoms with E-state index >= 15 is 0 Å². The molecule has 92 valence electrons. The quantitative estimate of drug-likeness (QED) is 0.926. The van der Waals surface area contributed by atoms with Crippen LogP contribution in [0.1, 0.15) is 24.2 Å². The highest BCUT2D eigenvalue weighted by atomic mass is 79.9. The molecule has 0 aromatic carbocycles. The minimum absolute atomic E-state index is 0.459. The topological polar surface area (TPSA) is 53.6 Å². The molecule has 1 N–H and O–H groups in total. The molecule has 5 heteroatoms.